The summed E-state index contributed by atoms with van der Waals surface area (Å²) in [5.41, 5.74) is 6.25. The molecule has 1 unspecified atom stereocenters. The fourth-order valence-corrected chi connectivity index (χ4v) is 1.80. The number of hydrogen-bond acceptors (Lipinski definition) is 5. The van der Waals surface area contributed by atoms with Gasteiger partial charge in [-0.2, -0.15) is 0 Å². The fraction of sp³-hybridized carbons (Fsp3) is 0.615. The molecule has 0 aliphatic heterocycles. The molecule has 0 aromatic rings. The minimum absolute atomic E-state index is 0.190. The third-order valence-electron chi connectivity index (χ3n) is 2.94. The highest BCUT2D eigenvalue weighted by molar-refractivity contribution is 5.68. The van der Waals surface area contributed by atoms with Gasteiger partial charge in [0.1, 0.15) is 5.76 Å². The lowest BCUT2D eigenvalue weighted by molar-refractivity contribution is -0.143. The van der Waals surface area contributed by atoms with Crippen LogP contribution in [0.5, 0.6) is 0 Å². The first-order chi connectivity index (χ1) is 8.55. The molecule has 18 heavy (non-hydrogen) atoms. The Balaban J connectivity index is 2.56. The number of nitrogens with two attached hydrogens (primary N) is 1. The van der Waals surface area contributed by atoms with Crippen LogP contribution in [0.2, 0.25) is 0 Å². The summed E-state index contributed by atoms with van der Waals surface area (Å²) in [5.74, 6) is 0.407. The van der Waals surface area contributed by atoms with Gasteiger partial charge in [0, 0.05) is 26.4 Å². The number of rotatable bonds is 6. The quantitative estimate of drug-likeness (QED) is 0.575. The maximum absolute atomic E-state index is 11.0. The van der Waals surface area contributed by atoms with Crippen LogP contribution in [0.4, 0.5) is 0 Å². The molecule has 2 N–H and O–H groups in total. The molecule has 5 nitrogen and oxygen atoms in total. The topological polar surface area (TPSA) is 70.8 Å². The Labute approximate surface area is 108 Å². The lowest BCUT2D eigenvalue weighted by Crippen LogP contribution is -2.46. The molecule has 0 fully saturated rings. The van der Waals surface area contributed by atoms with Gasteiger partial charge in [0.25, 0.3) is 0 Å². The summed E-state index contributed by atoms with van der Waals surface area (Å²) in [7, 11) is 3.11. The minimum atomic E-state index is -0.923. The van der Waals surface area contributed by atoms with E-state index < -0.39 is 5.72 Å². The number of hydrogen-bond donors (Lipinski definition) is 1. The number of carbonyl (C=O) groups excluding carboxylic acids is 1. The van der Waals surface area contributed by atoms with Crippen LogP contribution in [0.15, 0.2) is 23.5 Å². The van der Waals surface area contributed by atoms with Gasteiger partial charge >= 0.3 is 5.97 Å². The second-order valence-electron chi connectivity index (χ2n) is 4.15. The summed E-state index contributed by atoms with van der Waals surface area (Å²) in [6, 6.07) is 0. The SMILES string of the molecule is CCC(=O)OCCC1=CC=C(OC)C(N)(OC)C1. The first kappa shape index (κ1) is 14.7. The zero-order chi connectivity index (χ0) is 13.6. The third-order valence-corrected chi connectivity index (χ3v) is 2.94. The Bertz CT molecular complexity index is 362. The highest BCUT2D eigenvalue weighted by atomic mass is 16.5. The highest BCUT2D eigenvalue weighted by Gasteiger charge is 2.33. The van der Waals surface area contributed by atoms with Crippen LogP contribution in [-0.4, -0.2) is 32.5 Å². The van der Waals surface area contributed by atoms with Gasteiger partial charge in [-0.3, -0.25) is 10.5 Å². The van der Waals surface area contributed by atoms with Gasteiger partial charge in [0.15, 0.2) is 5.72 Å². The average molecular weight is 255 g/mol. The van der Waals surface area contributed by atoms with E-state index in [1.807, 2.05) is 6.08 Å². The van der Waals surface area contributed by atoms with Crippen LogP contribution < -0.4 is 5.73 Å². The Morgan fingerprint density at radius 2 is 2.17 bits per heavy atom. The zero-order valence-electron chi connectivity index (χ0n) is 11.2. The van der Waals surface area contributed by atoms with Crippen molar-refractivity contribution in [1.29, 1.82) is 0 Å². The lowest BCUT2D eigenvalue weighted by atomic mass is 9.94. The van der Waals surface area contributed by atoms with Crippen molar-refractivity contribution in [2.24, 2.45) is 5.73 Å². The summed E-state index contributed by atoms with van der Waals surface area (Å²) in [6.45, 7) is 2.14. The molecule has 0 saturated carbocycles. The second kappa shape index (κ2) is 6.56. The van der Waals surface area contributed by atoms with Gasteiger partial charge in [-0.25, -0.2) is 0 Å². The summed E-state index contributed by atoms with van der Waals surface area (Å²) < 4.78 is 15.5. The average Bonchev–Trinajstić information content (AvgIpc) is 2.38. The molecule has 0 amide bonds. The molecule has 0 aromatic heterocycles. The highest BCUT2D eigenvalue weighted by Crippen LogP contribution is 2.29. The normalized spacial score (nSPS) is 23.1. The summed E-state index contributed by atoms with van der Waals surface area (Å²) >= 11 is 0. The Hall–Kier alpha value is -1.33. The van der Waals surface area contributed by atoms with Crippen LogP contribution in [0.25, 0.3) is 0 Å². The van der Waals surface area contributed by atoms with Crippen molar-refractivity contribution in [3.63, 3.8) is 0 Å². The van der Waals surface area contributed by atoms with Crippen LogP contribution in [0.1, 0.15) is 26.2 Å². The maximum atomic E-state index is 11.0. The van der Waals surface area contributed by atoms with Crippen LogP contribution in [0.3, 0.4) is 0 Å². The van der Waals surface area contributed by atoms with E-state index in [1.165, 1.54) is 0 Å². The number of esters is 1. The Morgan fingerprint density at radius 1 is 1.44 bits per heavy atom. The van der Waals surface area contributed by atoms with Gasteiger partial charge in [0.2, 0.25) is 0 Å². The van der Waals surface area contributed by atoms with Crippen molar-refractivity contribution in [3.8, 4) is 0 Å². The predicted molar refractivity (Wildman–Crippen MR) is 67.6 cm³/mol. The predicted octanol–water partition coefficient (Wildman–Crippen LogP) is 1.49. The monoisotopic (exact) mass is 255 g/mol. The first-order valence-electron chi connectivity index (χ1n) is 5.99. The van der Waals surface area contributed by atoms with E-state index in [4.69, 9.17) is 19.9 Å². The van der Waals surface area contributed by atoms with Gasteiger partial charge in [0.05, 0.1) is 13.7 Å². The molecular weight excluding hydrogens is 234 g/mol. The molecule has 1 rings (SSSR count). The summed E-state index contributed by atoms with van der Waals surface area (Å²) in [4.78, 5) is 11.0. The molecule has 0 spiro atoms. The van der Waals surface area contributed by atoms with Crippen LogP contribution in [-0.2, 0) is 19.0 Å². The van der Waals surface area contributed by atoms with Gasteiger partial charge in [-0.15, -0.1) is 0 Å². The van der Waals surface area contributed by atoms with Crippen LogP contribution >= 0.6 is 0 Å². The minimum Gasteiger partial charge on any atom is -0.497 e. The van der Waals surface area contributed by atoms with E-state index in [-0.39, 0.29) is 5.97 Å². The standard InChI is InChI=1S/C13H21NO4/c1-4-12(15)18-8-7-10-5-6-11(16-2)13(14,9-10)17-3/h5-6H,4,7-9,14H2,1-3H3. The lowest BCUT2D eigenvalue weighted by Gasteiger charge is -2.32. The van der Waals surface area contributed by atoms with E-state index >= 15 is 0 Å². The molecule has 0 bridgehead atoms. The molecule has 5 heteroatoms. The second-order valence-corrected chi connectivity index (χ2v) is 4.15. The van der Waals surface area contributed by atoms with E-state index in [0.29, 0.717) is 31.6 Å². The fourth-order valence-electron chi connectivity index (χ4n) is 1.80. The van der Waals surface area contributed by atoms with Crippen molar-refractivity contribution >= 4 is 5.97 Å². The molecule has 1 aliphatic rings. The number of allylic oxidation sites excluding steroid dienone is 2. The number of carbonyl (C=O) groups is 1. The molecule has 0 heterocycles. The van der Waals surface area contributed by atoms with Gasteiger partial charge < -0.3 is 14.2 Å². The summed E-state index contributed by atoms with van der Waals surface area (Å²) in [5, 5.41) is 0. The molecule has 1 aliphatic carbocycles. The van der Waals surface area contributed by atoms with Crippen molar-refractivity contribution < 1.29 is 19.0 Å². The molecule has 1 atom stereocenters. The maximum Gasteiger partial charge on any atom is 0.305 e. The molecule has 0 aromatic carbocycles. The van der Waals surface area contributed by atoms with E-state index in [1.54, 1.807) is 27.2 Å². The molecular formula is C13H21NO4. The van der Waals surface area contributed by atoms with E-state index in [0.717, 1.165) is 5.57 Å². The van der Waals surface area contributed by atoms with E-state index in [2.05, 4.69) is 0 Å². The van der Waals surface area contributed by atoms with Crippen molar-refractivity contribution in [2.75, 3.05) is 20.8 Å². The first-order valence-corrected chi connectivity index (χ1v) is 5.99. The smallest absolute Gasteiger partial charge is 0.305 e. The van der Waals surface area contributed by atoms with Gasteiger partial charge in [-0.1, -0.05) is 18.6 Å². The Kier molecular flexibility index (Phi) is 5.37. The number of ether oxygens (including phenoxy) is 3. The summed E-state index contributed by atoms with van der Waals surface area (Å²) in [6.07, 6.45) is 5.31. The molecule has 0 saturated heterocycles. The van der Waals surface area contributed by atoms with Crippen LogP contribution in [0, 0.1) is 0 Å². The van der Waals surface area contributed by atoms with E-state index in [9.17, 15) is 4.79 Å². The zero-order valence-corrected chi connectivity index (χ0v) is 11.2. The Morgan fingerprint density at radius 3 is 2.72 bits per heavy atom. The van der Waals surface area contributed by atoms with Gasteiger partial charge in [-0.05, 0) is 6.08 Å². The van der Waals surface area contributed by atoms with Crippen molar-refractivity contribution in [3.05, 3.63) is 23.5 Å². The molecule has 0 radical (unpaired) electrons. The van der Waals surface area contributed by atoms with Crippen molar-refractivity contribution in [2.45, 2.75) is 31.9 Å². The largest absolute Gasteiger partial charge is 0.497 e. The number of methoxy groups -OCH3 is 2. The van der Waals surface area contributed by atoms with Crippen molar-refractivity contribution in [1.82, 2.24) is 0 Å². The molecule has 102 valence electrons. The third kappa shape index (κ3) is 3.58.